The molecule has 13 heteroatoms. The number of aryl methyl sites for hydroxylation is 2. The second kappa shape index (κ2) is 12.5. The molecule has 4 aromatic rings. The number of fused-ring (bicyclic) bond motifs is 3. The van der Waals surface area contributed by atoms with Crippen LogP contribution in [0.4, 0.5) is 17.2 Å². The van der Waals surface area contributed by atoms with Gasteiger partial charge in [0.2, 0.25) is 11.7 Å². The molecule has 12 nitrogen and oxygen atoms in total. The van der Waals surface area contributed by atoms with Crippen molar-refractivity contribution in [3.05, 3.63) is 64.4 Å². The molecule has 1 fully saturated rings. The third kappa shape index (κ3) is 6.29. The number of anilines is 2. The molecule has 232 valence electrons. The lowest BCUT2D eigenvalue weighted by molar-refractivity contribution is -0.116. The summed E-state index contributed by atoms with van der Waals surface area (Å²) in [4.78, 5) is 61.6. The number of nitrogens with zero attached hydrogens (tertiary/aromatic N) is 4. The number of nitrogens with one attached hydrogen (secondary N) is 2. The van der Waals surface area contributed by atoms with Crippen molar-refractivity contribution in [2.75, 3.05) is 30.9 Å². The van der Waals surface area contributed by atoms with E-state index < -0.39 is 11.9 Å². The number of ether oxygens (including phenoxy) is 2. The quantitative estimate of drug-likeness (QED) is 0.194. The van der Waals surface area contributed by atoms with Crippen molar-refractivity contribution in [1.29, 1.82) is 0 Å². The highest BCUT2D eigenvalue weighted by molar-refractivity contribution is 7.20. The van der Waals surface area contributed by atoms with Crippen LogP contribution in [0.25, 0.3) is 10.1 Å². The van der Waals surface area contributed by atoms with E-state index in [1.165, 1.54) is 23.0 Å². The molecule has 45 heavy (non-hydrogen) atoms. The van der Waals surface area contributed by atoms with Gasteiger partial charge in [-0.2, -0.15) is 0 Å². The first-order chi connectivity index (χ1) is 21.7. The minimum absolute atomic E-state index is 0.00174. The number of aromatic nitrogens is 2. The number of rotatable bonds is 9. The van der Waals surface area contributed by atoms with Gasteiger partial charge in [-0.3, -0.25) is 19.4 Å². The number of carbonyl (C=O) groups is 4. The Morgan fingerprint density at radius 3 is 2.80 bits per heavy atom. The van der Waals surface area contributed by atoms with Gasteiger partial charge in [0.15, 0.2) is 5.82 Å². The molecule has 4 heterocycles. The molecule has 0 spiro atoms. The van der Waals surface area contributed by atoms with Crippen LogP contribution in [-0.4, -0.2) is 70.7 Å². The van der Waals surface area contributed by atoms with Gasteiger partial charge in [-0.25, -0.2) is 9.78 Å². The number of amides is 3. The van der Waals surface area contributed by atoms with Crippen molar-refractivity contribution in [2.45, 2.75) is 38.6 Å². The first-order valence-electron chi connectivity index (χ1n) is 14.6. The van der Waals surface area contributed by atoms with Gasteiger partial charge in [0.05, 0.1) is 31.0 Å². The molecule has 6 rings (SSSR count). The van der Waals surface area contributed by atoms with E-state index in [2.05, 4.69) is 20.6 Å². The van der Waals surface area contributed by atoms with Gasteiger partial charge in [0.25, 0.3) is 11.8 Å². The molecule has 0 aliphatic carbocycles. The van der Waals surface area contributed by atoms with Crippen LogP contribution in [0, 0.1) is 6.92 Å². The smallest absolute Gasteiger partial charge is 0.348 e. The third-order valence-electron chi connectivity index (χ3n) is 7.78. The summed E-state index contributed by atoms with van der Waals surface area (Å²) in [6.45, 7) is 2.93. The predicted octanol–water partition coefficient (Wildman–Crippen LogP) is 5.10. The van der Waals surface area contributed by atoms with Crippen LogP contribution >= 0.6 is 11.3 Å². The molecule has 3 amide bonds. The molecule has 2 aromatic carbocycles. The van der Waals surface area contributed by atoms with E-state index in [1.807, 2.05) is 30.2 Å². The minimum Gasteiger partial charge on any atom is -0.493 e. The predicted molar refractivity (Wildman–Crippen MR) is 171 cm³/mol. The molecule has 2 aliphatic heterocycles. The largest absolute Gasteiger partial charge is 0.493 e. The highest BCUT2D eigenvalue weighted by atomic mass is 32.1. The van der Waals surface area contributed by atoms with Crippen molar-refractivity contribution < 1.29 is 28.7 Å². The van der Waals surface area contributed by atoms with Gasteiger partial charge in [0.1, 0.15) is 10.6 Å². The molecule has 1 atom stereocenters. The zero-order chi connectivity index (χ0) is 31.7. The van der Waals surface area contributed by atoms with Crippen molar-refractivity contribution in [1.82, 2.24) is 14.5 Å². The fourth-order valence-corrected chi connectivity index (χ4v) is 6.46. The summed E-state index contributed by atoms with van der Waals surface area (Å²) in [5, 5.41) is 6.35. The van der Waals surface area contributed by atoms with Crippen LogP contribution in [0.3, 0.4) is 0 Å². The van der Waals surface area contributed by atoms with E-state index in [9.17, 15) is 19.2 Å². The summed E-state index contributed by atoms with van der Waals surface area (Å²) in [6, 6.07) is 10.7. The van der Waals surface area contributed by atoms with Crippen LogP contribution in [0.15, 0.2) is 47.6 Å². The van der Waals surface area contributed by atoms with Gasteiger partial charge in [-0.05, 0) is 67.5 Å². The zero-order valence-corrected chi connectivity index (χ0v) is 25.9. The van der Waals surface area contributed by atoms with E-state index >= 15 is 0 Å². The summed E-state index contributed by atoms with van der Waals surface area (Å²) in [7, 11) is 3.00. The molecular formula is C32H32N6O6S. The van der Waals surface area contributed by atoms with Gasteiger partial charge in [-0.15, -0.1) is 11.3 Å². The van der Waals surface area contributed by atoms with Crippen molar-refractivity contribution >= 4 is 68.5 Å². The van der Waals surface area contributed by atoms with Crippen molar-refractivity contribution in [2.24, 2.45) is 12.0 Å². The summed E-state index contributed by atoms with van der Waals surface area (Å²) >= 11 is 1.31. The maximum Gasteiger partial charge on any atom is 0.348 e. The number of hydrogen-bond donors (Lipinski definition) is 2. The minimum atomic E-state index is -0.447. The Labute approximate surface area is 263 Å². The SMILES string of the molecule is COC(=O)c1cc2cc(NC(=O)c3nc(NC(=O)CCCOc4cc5c(cc4C)C(=O)N4CCC[C@H]4C=N5)cn3C)ccc2s1. The lowest BCUT2D eigenvalue weighted by atomic mass is 10.1. The monoisotopic (exact) mass is 628 g/mol. The van der Waals surface area contributed by atoms with E-state index in [-0.39, 0.29) is 35.9 Å². The number of thiophene rings is 1. The van der Waals surface area contributed by atoms with Crippen LogP contribution in [0.5, 0.6) is 5.75 Å². The Morgan fingerprint density at radius 2 is 1.98 bits per heavy atom. The average Bonchev–Trinajstić information content (AvgIpc) is 3.74. The first-order valence-corrected chi connectivity index (χ1v) is 15.4. The number of imidazole rings is 1. The third-order valence-corrected chi connectivity index (χ3v) is 8.88. The first kappa shape index (κ1) is 30.0. The van der Waals surface area contributed by atoms with E-state index in [4.69, 9.17) is 9.47 Å². The highest BCUT2D eigenvalue weighted by Crippen LogP contribution is 2.34. The molecule has 0 bridgehead atoms. The van der Waals surface area contributed by atoms with Gasteiger partial charge < -0.3 is 29.6 Å². The molecule has 2 aromatic heterocycles. The maximum atomic E-state index is 13.0. The molecule has 0 radical (unpaired) electrons. The fourth-order valence-electron chi connectivity index (χ4n) is 5.50. The van der Waals surface area contributed by atoms with Crippen LogP contribution in [0.2, 0.25) is 0 Å². The Morgan fingerprint density at radius 1 is 1.13 bits per heavy atom. The molecule has 1 saturated heterocycles. The van der Waals surface area contributed by atoms with E-state index in [1.54, 1.807) is 37.5 Å². The van der Waals surface area contributed by atoms with Crippen LogP contribution in [0.1, 0.15) is 61.9 Å². The second-order valence-electron chi connectivity index (χ2n) is 11.0. The Bertz CT molecular complexity index is 1860. The summed E-state index contributed by atoms with van der Waals surface area (Å²) in [5.74, 6) is -0.112. The standard InChI is InChI=1S/C32H32N6O6S/c1-18-12-22-23(33-16-21-6-4-10-38(21)31(22)41)15-24(18)44-11-5-7-28(39)35-27-17-37(2)29(36-27)30(40)34-20-8-9-25-19(13-20)14-26(45-25)32(42)43-3/h8-9,12-17,21H,4-7,10-11H2,1-3H3,(H,34,40)(H,35,39)/t21-/m0/s1. The highest BCUT2D eigenvalue weighted by Gasteiger charge is 2.32. The lowest BCUT2D eigenvalue weighted by Crippen LogP contribution is -2.35. The van der Waals surface area contributed by atoms with Gasteiger partial charge in [-0.1, -0.05) is 0 Å². The second-order valence-corrected chi connectivity index (χ2v) is 12.1. The number of hydrogen-bond acceptors (Lipinski definition) is 9. The molecule has 0 unspecified atom stereocenters. The van der Waals surface area contributed by atoms with E-state index in [0.29, 0.717) is 40.6 Å². The summed E-state index contributed by atoms with van der Waals surface area (Å²) in [6.07, 6.45) is 5.96. The normalized spacial score (nSPS) is 15.4. The number of carbonyl (C=O) groups excluding carboxylic acids is 4. The van der Waals surface area contributed by atoms with Crippen LogP contribution < -0.4 is 15.4 Å². The van der Waals surface area contributed by atoms with Gasteiger partial charge in [0, 0.05) is 48.9 Å². The molecule has 2 aliphatic rings. The number of esters is 1. The molecule has 2 N–H and O–H groups in total. The zero-order valence-electron chi connectivity index (χ0n) is 25.1. The fraction of sp³-hybridized carbons (Fsp3) is 0.312. The van der Waals surface area contributed by atoms with Crippen molar-refractivity contribution in [3.63, 3.8) is 0 Å². The summed E-state index contributed by atoms with van der Waals surface area (Å²) in [5.41, 5.74) is 2.56. The Kier molecular flexibility index (Phi) is 8.35. The molecular weight excluding hydrogens is 596 g/mol. The average molecular weight is 629 g/mol. The van der Waals surface area contributed by atoms with Gasteiger partial charge >= 0.3 is 5.97 Å². The summed E-state index contributed by atoms with van der Waals surface area (Å²) < 4.78 is 13.2. The Hall–Kier alpha value is -5.04. The topological polar surface area (TPSA) is 144 Å². The Balaban J connectivity index is 1.01. The number of aliphatic imine (C=N–C) groups is 1. The molecule has 0 saturated carbocycles. The van der Waals surface area contributed by atoms with Crippen LogP contribution in [-0.2, 0) is 16.6 Å². The maximum absolute atomic E-state index is 13.0. The number of methoxy groups -OCH3 is 1. The van der Waals surface area contributed by atoms with Crippen molar-refractivity contribution in [3.8, 4) is 5.75 Å². The number of benzene rings is 2. The lowest BCUT2D eigenvalue weighted by Gasteiger charge is -2.20. The van der Waals surface area contributed by atoms with E-state index in [0.717, 1.165) is 35.0 Å².